The third kappa shape index (κ3) is 5.59. The Morgan fingerprint density at radius 1 is 0.923 bits per heavy atom. The first-order chi connectivity index (χ1) is 12.4. The Balaban J connectivity index is 1.98. The summed E-state index contributed by atoms with van der Waals surface area (Å²) in [6.45, 7) is 2.35. The van der Waals surface area contributed by atoms with Crippen LogP contribution in [0.2, 0.25) is 0 Å². The van der Waals surface area contributed by atoms with Crippen LogP contribution in [-0.2, 0) is 14.8 Å². The van der Waals surface area contributed by atoms with Crippen molar-refractivity contribution in [2.24, 2.45) is 0 Å². The van der Waals surface area contributed by atoms with Crippen LogP contribution in [0.25, 0.3) is 0 Å². The van der Waals surface area contributed by atoms with Crippen molar-refractivity contribution in [1.29, 1.82) is 0 Å². The van der Waals surface area contributed by atoms with Gasteiger partial charge in [0.15, 0.2) is 0 Å². The Morgan fingerprint density at radius 3 is 2.19 bits per heavy atom. The number of hydrogen-bond acceptors (Lipinski definition) is 4. The molecule has 0 heterocycles. The van der Waals surface area contributed by atoms with Crippen LogP contribution in [0, 0.1) is 0 Å². The van der Waals surface area contributed by atoms with E-state index in [0.717, 1.165) is 6.42 Å². The van der Waals surface area contributed by atoms with Crippen LogP contribution in [0.15, 0.2) is 59.5 Å². The molecule has 8 heteroatoms. The lowest BCUT2D eigenvalue weighted by atomic mass is 10.2. The maximum absolute atomic E-state index is 12.3. The average molecular weight is 375 g/mol. The van der Waals surface area contributed by atoms with E-state index in [2.05, 4.69) is 15.4 Å². The molecule has 0 aromatic heterocycles. The Morgan fingerprint density at radius 2 is 1.58 bits per heavy atom. The van der Waals surface area contributed by atoms with Crippen LogP contribution >= 0.6 is 0 Å². The van der Waals surface area contributed by atoms with Gasteiger partial charge in [-0.1, -0.05) is 25.1 Å². The Kier molecular flexibility index (Phi) is 6.74. The predicted octanol–water partition coefficient (Wildman–Crippen LogP) is 1.74. The Labute approximate surface area is 152 Å². The van der Waals surface area contributed by atoms with Crippen molar-refractivity contribution in [3.05, 3.63) is 60.2 Å². The molecule has 0 bridgehead atoms. The maximum Gasteiger partial charge on any atom is 0.261 e. The summed E-state index contributed by atoms with van der Waals surface area (Å²) in [4.78, 5) is 23.5. The molecule has 0 unspecified atom stereocenters. The fraction of sp³-hybridized carbons (Fsp3) is 0.222. The van der Waals surface area contributed by atoms with Gasteiger partial charge in [0, 0.05) is 17.8 Å². The monoisotopic (exact) mass is 375 g/mol. The minimum absolute atomic E-state index is 0.0404. The molecule has 26 heavy (non-hydrogen) atoms. The summed E-state index contributed by atoms with van der Waals surface area (Å²) in [6.07, 6.45) is 0.812. The summed E-state index contributed by atoms with van der Waals surface area (Å²) in [7, 11) is -3.74. The molecule has 3 N–H and O–H groups in total. The van der Waals surface area contributed by atoms with E-state index < -0.39 is 15.9 Å². The van der Waals surface area contributed by atoms with E-state index in [-0.39, 0.29) is 22.9 Å². The number of sulfonamides is 1. The number of benzene rings is 2. The van der Waals surface area contributed by atoms with Gasteiger partial charge in [-0.2, -0.15) is 0 Å². The number of carbonyl (C=O) groups is 2. The molecule has 0 aliphatic carbocycles. The van der Waals surface area contributed by atoms with Crippen molar-refractivity contribution in [2.45, 2.75) is 18.2 Å². The molecule has 2 aromatic rings. The van der Waals surface area contributed by atoms with Gasteiger partial charge in [0.2, 0.25) is 5.91 Å². The number of amides is 2. The van der Waals surface area contributed by atoms with E-state index >= 15 is 0 Å². The molecule has 2 aromatic carbocycles. The zero-order valence-electron chi connectivity index (χ0n) is 14.4. The van der Waals surface area contributed by atoms with E-state index in [4.69, 9.17) is 0 Å². The van der Waals surface area contributed by atoms with Crippen LogP contribution in [0.3, 0.4) is 0 Å². The van der Waals surface area contributed by atoms with Gasteiger partial charge in [0.25, 0.3) is 15.9 Å². The number of anilines is 1. The largest absolute Gasteiger partial charge is 0.355 e. The molecule has 0 radical (unpaired) electrons. The highest BCUT2D eigenvalue weighted by atomic mass is 32.2. The average Bonchev–Trinajstić information content (AvgIpc) is 2.65. The zero-order chi connectivity index (χ0) is 19.0. The van der Waals surface area contributed by atoms with Gasteiger partial charge in [0.1, 0.15) is 0 Å². The molecule has 0 fully saturated rings. The fourth-order valence-corrected chi connectivity index (χ4v) is 3.15. The molecular weight excluding hydrogens is 354 g/mol. The molecule has 2 amide bonds. The van der Waals surface area contributed by atoms with Crippen molar-refractivity contribution in [2.75, 3.05) is 17.8 Å². The number of para-hydroxylation sites is 1. The predicted molar refractivity (Wildman–Crippen MR) is 99.3 cm³/mol. The molecule has 0 saturated carbocycles. The summed E-state index contributed by atoms with van der Waals surface area (Å²) in [5.41, 5.74) is 0.722. The van der Waals surface area contributed by atoms with Gasteiger partial charge in [0.05, 0.1) is 11.4 Å². The second-order valence-electron chi connectivity index (χ2n) is 5.53. The molecule has 138 valence electrons. The van der Waals surface area contributed by atoms with Gasteiger partial charge < -0.3 is 10.6 Å². The van der Waals surface area contributed by atoms with Gasteiger partial charge in [-0.3, -0.25) is 14.3 Å². The number of carbonyl (C=O) groups excluding carboxylic acids is 2. The van der Waals surface area contributed by atoms with Crippen molar-refractivity contribution in [3.8, 4) is 0 Å². The van der Waals surface area contributed by atoms with Crippen LogP contribution in [0.5, 0.6) is 0 Å². The van der Waals surface area contributed by atoms with E-state index in [1.54, 1.807) is 30.3 Å². The van der Waals surface area contributed by atoms with Crippen LogP contribution in [0.1, 0.15) is 23.7 Å². The normalized spacial score (nSPS) is 10.8. The quantitative estimate of drug-likeness (QED) is 0.654. The lowest BCUT2D eigenvalue weighted by Crippen LogP contribution is -2.37. The first kappa shape index (κ1) is 19.5. The van der Waals surface area contributed by atoms with Gasteiger partial charge >= 0.3 is 0 Å². The first-order valence-electron chi connectivity index (χ1n) is 8.15. The van der Waals surface area contributed by atoms with Crippen LogP contribution in [-0.4, -0.2) is 33.3 Å². The number of nitrogens with one attached hydrogen (secondary N) is 3. The highest BCUT2D eigenvalue weighted by molar-refractivity contribution is 7.92. The minimum Gasteiger partial charge on any atom is -0.355 e. The Bertz CT molecular complexity index is 850. The van der Waals surface area contributed by atoms with Gasteiger partial charge in [-0.05, 0) is 42.8 Å². The van der Waals surface area contributed by atoms with E-state index in [0.29, 0.717) is 12.2 Å². The van der Waals surface area contributed by atoms with Crippen molar-refractivity contribution in [1.82, 2.24) is 10.6 Å². The smallest absolute Gasteiger partial charge is 0.261 e. The summed E-state index contributed by atoms with van der Waals surface area (Å²) < 4.78 is 27.1. The highest BCUT2D eigenvalue weighted by Crippen LogP contribution is 2.16. The van der Waals surface area contributed by atoms with Crippen molar-refractivity contribution >= 4 is 27.5 Å². The fourth-order valence-electron chi connectivity index (χ4n) is 2.10. The topological polar surface area (TPSA) is 104 Å². The standard InChI is InChI=1S/C18H21N3O4S/c1-2-12-19-17(22)13-20-18(23)14-8-10-16(11-9-14)26(24,25)21-15-6-4-3-5-7-15/h3-11,21H,2,12-13H2,1H3,(H,19,22)(H,20,23). The molecular formula is C18H21N3O4S. The number of hydrogen-bond donors (Lipinski definition) is 3. The minimum atomic E-state index is -3.74. The summed E-state index contributed by atoms with van der Waals surface area (Å²) in [6, 6.07) is 14.0. The molecule has 0 aliphatic heterocycles. The summed E-state index contributed by atoms with van der Waals surface area (Å²) in [5.74, 6) is -0.719. The molecule has 0 aliphatic rings. The first-order valence-corrected chi connectivity index (χ1v) is 9.63. The van der Waals surface area contributed by atoms with Crippen molar-refractivity contribution < 1.29 is 18.0 Å². The molecule has 0 spiro atoms. The summed E-state index contributed by atoms with van der Waals surface area (Å²) in [5, 5.41) is 5.14. The van der Waals surface area contributed by atoms with Crippen LogP contribution in [0.4, 0.5) is 5.69 Å². The van der Waals surface area contributed by atoms with E-state index in [1.807, 2.05) is 6.92 Å². The SMILES string of the molecule is CCCNC(=O)CNC(=O)c1ccc(S(=O)(=O)Nc2ccccc2)cc1. The maximum atomic E-state index is 12.3. The van der Waals surface area contributed by atoms with E-state index in [9.17, 15) is 18.0 Å². The third-order valence-corrected chi connectivity index (χ3v) is 4.83. The second kappa shape index (κ2) is 9.00. The zero-order valence-corrected chi connectivity index (χ0v) is 15.2. The van der Waals surface area contributed by atoms with E-state index in [1.165, 1.54) is 24.3 Å². The molecule has 2 rings (SSSR count). The molecule has 0 atom stereocenters. The lowest BCUT2D eigenvalue weighted by Gasteiger charge is -2.09. The van der Waals surface area contributed by atoms with Gasteiger partial charge in [-0.15, -0.1) is 0 Å². The molecule has 0 saturated heterocycles. The van der Waals surface area contributed by atoms with Gasteiger partial charge in [-0.25, -0.2) is 8.42 Å². The van der Waals surface area contributed by atoms with Crippen LogP contribution < -0.4 is 15.4 Å². The number of rotatable bonds is 8. The highest BCUT2D eigenvalue weighted by Gasteiger charge is 2.15. The molecule has 7 nitrogen and oxygen atoms in total. The van der Waals surface area contributed by atoms with Crippen molar-refractivity contribution in [3.63, 3.8) is 0 Å². The summed E-state index contributed by atoms with van der Waals surface area (Å²) >= 11 is 0. The Hall–Kier alpha value is -2.87. The third-order valence-electron chi connectivity index (χ3n) is 3.43. The lowest BCUT2D eigenvalue weighted by molar-refractivity contribution is -0.120. The second-order valence-corrected chi connectivity index (χ2v) is 7.21.